The number of halogens is 1. The van der Waals surface area contributed by atoms with E-state index in [0.29, 0.717) is 6.04 Å². The summed E-state index contributed by atoms with van der Waals surface area (Å²) in [4.78, 5) is 2.21. The largest absolute Gasteiger partial charge is 0.304 e. The van der Waals surface area contributed by atoms with Crippen molar-refractivity contribution in [2.75, 3.05) is 13.6 Å². The van der Waals surface area contributed by atoms with Crippen LogP contribution in [0.15, 0.2) is 0 Å². The van der Waals surface area contributed by atoms with E-state index in [4.69, 9.17) is 10.7 Å². The highest BCUT2D eigenvalue weighted by molar-refractivity contribution is 8.12. The third-order valence-corrected chi connectivity index (χ3v) is 3.40. The number of rotatable bonds is 2. The minimum Gasteiger partial charge on any atom is -0.304 e. The predicted molar refractivity (Wildman–Crippen MR) is 53.0 cm³/mol. The Hall–Kier alpha value is 0.160. The van der Waals surface area contributed by atoms with E-state index < -0.39 is 9.24 Å². The summed E-state index contributed by atoms with van der Waals surface area (Å²) in [6, 6.07) is 0.401. The first-order valence-electron chi connectivity index (χ1n) is 4.30. The number of nitrogens with one attached hydrogen (secondary N) is 1. The van der Waals surface area contributed by atoms with Crippen LogP contribution in [0.2, 0.25) is 0 Å². The van der Waals surface area contributed by atoms with Crippen LogP contribution in [0.1, 0.15) is 19.8 Å². The van der Waals surface area contributed by atoms with Gasteiger partial charge in [0.15, 0.2) is 0 Å². The molecule has 0 amide bonds. The maximum Gasteiger partial charge on any atom is 0.297 e. The van der Waals surface area contributed by atoms with E-state index in [1.807, 2.05) is 7.05 Å². The van der Waals surface area contributed by atoms with Gasteiger partial charge in [-0.2, -0.15) is 13.1 Å². The maximum atomic E-state index is 10.7. The Morgan fingerprint density at radius 2 is 2.15 bits per heavy atom. The molecule has 1 aliphatic heterocycles. The molecule has 0 aromatic carbocycles. The minimum absolute atomic E-state index is 0.00583. The van der Waals surface area contributed by atoms with Gasteiger partial charge in [-0.3, -0.25) is 0 Å². The molecule has 0 aromatic heterocycles. The van der Waals surface area contributed by atoms with Gasteiger partial charge in [0.1, 0.15) is 0 Å². The van der Waals surface area contributed by atoms with Gasteiger partial charge in [-0.15, -0.1) is 0 Å². The summed E-state index contributed by atoms with van der Waals surface area (Å²) in [6.07, 6.45) is 1.65. The van der Waals surface area contributed by atoms with Crippen molar-refractivity contribution in [1.29, 1.82) is 0 Å². The molecule has 1 N–H and O–H groups in total. The summed E-state index contributed by atoms with van der Waals surface area (Å²) in [5, 5.41) is 0. The van der Waals surface area contributed by atoms with Crippen molar-refractivity contribution < 1.29 is 8.42 Å². The zero-order valence-corrected chi connectivity index (χ0v) is 9.40. The van der Waals surface area contributed by atoms with Gasteiger partial charge in [0.05, 0.1) is 0 Å². The Morgan fingerprint density at radius 1 is 1.54 bits per heavy atom. The van der Waals surface area contributed by atoms with Gasteiger partial charge in [0.25, 0.3) is 9.24 Å². The number of likely N-dealkylation sites (tertiary alicyclic amines) is 1. The van der Waals surface area contributed by atoms with Gasteiger partial charge in [-0.1, -0.05) is 0 Å². The average molecular weight is 227 g/mol. The SMILES string of the molecule is CC1CC(NS(=O)(=O)Cl)CCN1C. The standard InChI is InChI=1S/C7H15ClN2O2S/c1-6-5-7(3-4-10(6)2)9-13(8,11)12/h6-7,9H,3-5H2,1-2H3. The predicted octanol–water partition coefficient (Wildman–Crippen LogP) is 0.542. The molecule has 78 valence electrons. The summed E-state index contributed by atoms with van der Waals surface area (Å²) in [5.74, 6) is 0. The third kappa shape index (κ3) is 3.81. The Labute approximate surface area is 83.8 Å². The molecule has 0 bridgehead atoms. The molecule has 1 heterocycles. The van der Waals surface area contributed by atoms with Crippen molar-refractivity contribution in [2.24, 2.45) is 0 Å². The minimum atomic E-state index is -3.56. The fourth-order valence-corrected chi connectivity index (χ4v) is 2.59. The first kappa shape index (κ1) is 11.2. The van der Waals surface area contributed by atoms with Crippen molar-refractivity contribution in [3.8, 4) is 0 Å². The second-order valence-corrected chi connectivity index (χ2v) is 5.94. The molecule has 0 spiro atoms. The van der Waals surface area contributed by atoms with Crippen molar-refractivity contribution in [3.63, 3.8) is 0 Å². The maximum absolute atomic E-state index is 10.7. The smallest absolute Gasteiger partial charge is 0.297 e. The second-order valence-electron chi connectivity index (χ2n) is 3.61. The van der Waals surface area contributed by atoms with Crippen LogP contribution in [0.5, 0.6) is 0 Å². The molecule has 13 heavy (non-hydrogen) atoms. The molecule has 1 saturated heterocycles. The van der Waals surface area contributed by atoms with Gasteiger partial charge in [0, 0.05) is 22.8 Å². The molecule has 1 rings (SSSR count). The molecule has 1 aliphatic rings. The van der Waals surface area contributed by atoms with Gasteiger partial charge in [-0.25, -0.2) is 0 Å². The second kappa shape index (κ2) is 4.13. The lowest BCUT2D eigenvalue weighted by Gasteiger charge is -2.34. The van der Waals surface area contributed by atoms with E-state index in [2.05, 4.69) is 16.5 Å². The van der Waals surface area contributed by atoms with E-state index in [0.717, 1.165) is 19.4 Å². The van der Waals surface area contributed by atoms with Gasteiger partial charge >= 0.3 is 0 Å². The van der Waals surface area contributed by atoms with Crippen molar-refractivity contribution in [1.82, 2.24) is 9.62 Å². The fraction of sp³-hybridized carbons (Fsp3) is 1.00. The molecule has 6 heteroatoms. The molecule has 2 atom stereocenters. The fourth-order valence-electron chi connectivity index (χ4n) is 1.60. The molecule has 0 aromatic rings. The van der Waals surface area contributed by atoms with Crippen LogP contribution in [0.3, 0.4) is 0 Å². The third-order valence-electron chi connectivity index (χ3n) is 2.52. The molecule has 1 fully saturated rings. The topological polar surface area (TPSA) is 49.4 Å². The zero-order valence-electron chi connectivity index (χ0n) is 7.83. The summed E-state index contributed by atoms with van der Waals surface area (Å²) in [7, 11) is 3.57. The van der Waals surface area contributed by atoms with Crippen LogP contribution in [0, 0.1) is 0 Å². The van der Waals surface area contributed by atoms with Crippen LogP contribution >= 0.6 is 10.7 Å². The number of nitrogens with zero attached hydrogens (tertiary/aromatic N) is 1. The van der Waals surface area contributed by atoms with Crippen LogP contribution in [-0.2, 0) is 9.24 Å². The molecular weight excluding hydrogens is 212 g/mol. The zero-order chi connectivity index (χ0) is 10.1. The normalized spacial score (nSPS) is 31.9. The van der Waals surface area contributed by atoms with Crippen molar-refractivity contribution in [3.05, 3.63) is 0 Å². The number of piperidine rings is 1. The molecule has 0 radical (unpaired) electrons. The monoisotopic (exact) mass is 226 g/mol. The van der Waals surface area contributed by atoms with E-state index >= 15 is 0 Å². The first-order valence-corrected chi connectivity index (χ1v) is 6.61. The Bertz CT molecular complexity index is 268. The summed E-state index contributed by atoms with van der Waals surface area (Å²) in [6.45, 7) is 2.99. The molecule has 0 aliphatic carbocycles. The molecular formula is C7H15ClN2O2S. The highest BCUT2D eigenvalue weighted by Crippen LogP contribution is 2.16. The van der Waals surface area contributed by atoms with Crippen molar-refractivity contribution in [2.45, 2.75) is 31.8 Å². The van der Waals surface area contributed by atoms with E-state index in [-0.39, 0.29) is 6.04 Å². The van der Waals surface area contributed by atoms with Crippen molar-refractivity contribution >= 4 is 19.9 Å². The molecule has 2 unspecified atom stereocenters. The van der Waals surface area contributed by atoms with Gasteiger partial charge in [-0.05, 0) is 33.4 Å². The van der Waals surface area contributed by atoms with Gasteiger partial charge < -0.3 is 4.90 Å². The van der Waals surface area contributed by atoms with Crippen LogP contribution in [0.4, 0.5) is 0 Å². The lowest BCUT2D eigenvalue weighted by atomic mass is 10.0. The summed E-state index contributed by atoms with van der Waals surface area (Å²) >= 11 is 0. The molecule has 0 saturated carbocycles. The van der Waals surface area contributed by atoms with Crippen LogP contribution in [0.25, 0.3) is 0 Å². The highest BCUT2D eigenvalue weighted by atomic mass is 35.7. The van der Waals surface area contributed by atoms with Gasteiger partial charge in [0.2, 0.25) is 0 Å². The lowest BCUT2D eigenvalue weighted by molar-refractivity contribution is 0.178. The van der Waals surface area contributed by atoms with Crippen LogP contribution in [-0.4, -0.2) is 39.0 Å². The Morgan fingerprint density at radius 3 is 2.62 bits per heavy atom. The van der Waals surface area contributed by atoms with E-state index in [1.54, 1.807) is 0 Å². The van der Waals surface area contributed by atoms with E-state index in [9.17, 15) is 8.42 Å². The Balaban J connectivity index is 2.47. The number of hydrogen-bond donors (Lipinski definition) is 1. The quantitative estimate of drug-likeness (QED) is 0.700. The average Bonchev–Trinajstić information content (AvgIpc) is 1.94. The van der Waals surface area contributed by atoms with Crippen LogP contribution < -0.4 is 4.72 Å². The Kier molecular flexibility index (Phi) is 3.57. The highest BCUT2D eigenvalue weighted by Gasteiger charge is 2.25. The first-order chi connectivity index (χ1) is 5.88. The van der Waals surface area contributed by atoms with E-state index in [1.165, 1.54) is 0 Å². The summed E-state index contributed by atoms with van der Waals surface area (Å²) in [5.41, 5.74) is 0. The lowest BCUT2D eigenvalue weighted by Crippen LogP contribution is -2.46. The summed E-state index contributed by atoms with van der Waals surface area (Å²) < 4.78 is 23.9. The molecule has 4 nitrogen and oxygen atoms in total. The number of hydrogen-bond acceptors (Lipinski definition) is 3.